The van der Waals surface area contributed by atoms with Crippen LogP contribution in [0, 0.1) is 0 Å². The molecule has 0 atom stereocenters. The first kappa shape index (κ1) is 20.3. The van der Waals surface area contributed by atoms with Crippen molar-refractivity contribution < 1.29 is 26.3 Å². The van der Waals surface area contributed by atoms with E-state index >= 15 is 0 Å². The summed E-state index contributed by atoms with van der Waals surface area (Å²) < 4.78 is 54.5. The van der Waals surface area contributed by atoms with Gasteiger partial charge in [-0.15, -0.1) is 0 Å². The molecule has 0 aliphatic heterocycles. The lowest BCUT2D eigenvalue weighted by Crippen LogP contribution is -2.25. The fourth-order valence-electron chi connectivity index (χ4n) is 1.13. The zero-order valence-electron chi connectivity index (χ0n) is 12.0. The largest absolute Gasteiger partial charge is 0.379 e. The number of ether oxygens (including phenoxy) is 2. The summed E-state index contributed by atoms with van der Waals surface area (Å²) >= 11 is 0. The molecular formula is C12H23NO6S2. The molecule has 0 fully saturated rings. The Labute approximate surface area is 126 Å². The average molecular weight is 341 g/mol. The highest BCUT2D eigenvalue weighted by Crippen LogP contribution is 1.91. The Morgan fingerprint density at radius 1 is 0.762 bits per heavy atom. The molecule has 21 heavy (non-hydrogen) atoms. The highest BCUT2D eigenvalue weighted by molar-refractivity contribution is 7.94. The van der Waals surface area contributed by atoms with Crippen LogP contribution in [0.25, 0.3) is 0 Å². The van der Waals surface area contributed by atoms with E-state index in [1.165, 1.54) is 0 Å². The third-order valence-electron chi connectivity index (χ3n) is 2.38. The number of hydrogen-bond donors (Lipinski definition) is 1. The predicted molar refractivity (Wildman–Crippen MR) is 82.5 cm³/mol. The van der Waals surface area contributed by atoms with E-state index in [4.69, 9.17) is 9.47 Å². The molecule has 0 aliphatic carbocycles. The Bertz CT molecular complexity index is 452. The van der Waals surface area contributed by atoms with Gasteiger partial charge in [-0.2, -0.15) is 0 Å². The molecule has 0 amide bonds. The van der Waals surface area contributed by atoms with Crippen molar-refractivity contribution in [3.05, 3.63) is 24.0 Å². The molecule has 0 unspecified atom stereocenters. The van der Waals surface area contributed by atoms with Crippen LogP contribution in [0.1, 0.15) is 0 Å². The van der Waals surface area contributed by atoms with Gasteiger partial charge < -0.3 is 14.8 Å². The van der Waals surface area contributed by atoms with Crippen molar-refractivity contribution in [3.63, 3.8) is 0 Å². The first-order chi connectivity index (χ1) is 9.83. The van der Waals surface area contributed by atoms with Crippen LogP contribution in [0.5, 0.6) is 0 Å². The molecule has 0 aromatic heterocycles. The highest BCUT2D eigenvalue weighted by atomic mass is 32.2. The number of nitrogens with one attached hydrogen (secondary N) is 1. The normalized spacial score (nSPS) is 12.2. The maximum atomic E-state index is 11.0. The van der Waals surface area contributed by atoms with Crippen LogP contribution in [0.3, 0.4) is 0 Å². The molecule has 124 valence electrons. The molecule has 0 radical (unpaired) electrons. The van der Waals surface area contributed by atoms with Crippen LogP contribution in [-0.4, -0.2) is 67.9 Å². The summed E-state index contributed by atoms with van der Waals surface area (Å²) in [7, 11) is -6.40. The fraction of sp³-hybridized carbons (Fsp3) is 0.667. The van der Waals surface area contributed by atoms with E-state index in [2.05, 4.69) is 18.5 Å². The van der Waals surface area contributed by atoms with Gasteiger partial charge in [-0.25, -0.2) is 16.8 Å². The monoisotopic (exact) mass is 341 g/mol. The minimum absolute atomic E-state index is 0.0720. The van der Waals surface area contributed by atoms with Crippen molar-refractivity contribution in [3.8, 4) is 0 Å². The number of sulfone groups is 2. The Morgan fingerprint density at radius 3 is 1.48 bits per heavy atom. The van der Waals surface area contributed by atoms with E-state index in [-0.39, 0.29) is 24.7 Å². The smallest absolute Gasteiger partial charge is 0.173 e. The second-order valence-corrected chi connectivity index (χ2v) is 8.18. The molecule has 1 N–H and O–H groups in total. The summed E-state index contributed by atoms with van der Waals surface area (Å²) in [6.07, 6.45) is 0. The first-order valence-corrected chi connectivity index (χ1v) is 9.82. The highest BCUT2D eigenvalue weighted by Gasteiger charge is 2.04. The number of hydrogen-bond acceptors (Lipinski definition) is 7. The van der Waals surface area contributed by atoms with E-state index in [0.29, 0.717) is 26.3 Å². The quantitative estimate of drug-likeness (QED) is 0.434. The molecule has 9 heteroatoms. The maximum absolute atomic E-state index is 11.0. The topological polar surface area (TPSA) is 98.8 Å². The Hall–Kier alpha value is -0.740. The van der Waals surface area contributed by atoms with Crippen LogP contribution in [0.2, 0.25) is 0 Å². The fourth-order valence-corrected chi connectivity index (χ4v) is 2.17. The molecule has 0 aromatic carbocycles. The van der Waals surface area contributed by atoms with E-state index < -0.39 is 19.7 Å². The molecule has 0 saturated heterocycles. The van der Waals surface area contributed by atoms with E-state index in [0.717, 1.165) is 10.8 Å². The van der Waals surface area contributed by atoms with Gasteiger partial charge in [-0.05, 0) is 0 Å². The molecule has 0 aliphatic rings. The van der Waals surface area contributed by atoms with Crippen molar-refractivity contribution in [2.45, 2.75) is 0 Å². The molecule has 0 saturated carbocycles. The minimum atomic E-state index is -3.20. The molecular weight excluding hydrogens is 318 g/mol. The van der Waals surface area contributed by atoms with E-state index in [9.17, 15) is 16.8 Å². The lowest BCUT2D eigenvalue weighted by molar-refractivity contribution is 0.135. The summed E-state index contributed by atoms with van der Waals surface area (Å²) in [5.74, 6) is -0.144. The van der Waals surface area contributed by atoms with Gasteiger partial charge in [0, 0.05) is 23.9 Å². The lowest BCUT2D eigenvalue weighted by atomic mass is 10.6. The van der Waals surface area contributed by atoms with Gasteiger partial charge in [0.1, 0.15) is 0 Å². The van der Waals surface area contributed by atoms with Crippen LogP contribution < -0.4 is 5.32 Å². The summed E-state index contributed by atoms with van der Waals surface area (Å²) in [6, 6.07) is 0. The Kier molecular flexibility index (Phi) is 10.5. The predicted octanol–water partition coefficient (Wildman–Crippen LogP) is -0.274. The lowest BCUT2D eigenvalue weighted by Gasteiger charge is -2.06. The van der Waals surface area contributed by atoms with Crippen molar-refractivity contribution in [2.24, 2.45) is 0 Å². The van der Waals surface area contributed by atoms with E-state index in [1.807, 2.05) is 0 Å². The van der Waals surface area contributed by atoms with E-state index in [1.54, 1.807) is 0 Å². The van der Waals surface area contributed by atoms with Crippen LogP contribution in [-0.2, 0) is 29.1 Å². The third-order valence-corrected chi connectivity index (χ3v) is 4.87. The zero-order valence-corrected chi connectivity index (χ0v) is 13.6. The van der Waals surface area contributed by atoms with Crippen molar-refractivity contribution in [2.75, 3.05) is 51.0 Å². The van der Waals surface area contributed by atoms with Gasteiger partial charge in [-0.1, -0.05) is 13.2 Å². The van der Waals surface area contributed by atoms with Gasteiger partial charge in [0.2, 0.25) is 0 Å². The van der Waals surface area contributed by atoms with Crippen molar-refractivity contribution in [1.29, 1.82) is 0 Å². The van der Waals surface area contributed by atoms with Gasteiger partial charge >= 0.3 is 0 Å². The summed E-state index contributed by atoms with van der Waals surface area (Å²) in [5.41, 5.74) is 0. The van der Waals surface area contributed by atoms with Gasteiger partial charge in [0.25, 0.3) is 0 Å². The molecule has 0 bridgehead atoms. The van der Waals surface area contributed by atoms with Gasteiger partial charge in [0.05, 0.1) is 37.9 Å². The van der Waals surface area contributed by atoms with Crippen LogP contribution >= 0.6 is 0 Å². The third kappa shape index (κ3) is 12.7. The summed E-state index contributed by atoms with van der Waals surface area (Å²) in [4.78, 5) is 0. The van der Waals surface area contributed by atoms with Crippen molar-refractivity contribution in [1.82, 2.24) is 5.32 Å². The standard InChI is InChI=1S/C12H23NO6S2/c1-3-20(14,15)11-9-18-7-5-13-6-8-19-10-12-21(16,17)4-2/h3-4,13H,1-2,5-12H2. The van der Waals surface area contributed by atoms with Gasteiger partial charge in [0.15, 0.2) is 19.7 Å². The second-order valence-electron chi connectivity index (χ2n) is 4.04. The van der Waals surface area contributed by atoms with Gasteiger partial charge in [-0.3, -0.25) is 0 Å². The molecule has 0 heterocycles. The van der Waals surface area contributed by atoms with Crippen molar-refractivity contribution >= 4 is 19.7 Å². The molecule has 0 spiro atoms. The molecule has 0 rings (SSSR count). The van der Waals surface area contributed by atoms with Crippen LogP contribution in [0.15, 0.2) is 24.0 Å². The molecule has 0 aromatic rings. The average Bonchev–Trinajstić information content (AvgIpc) is 2.44. The number of rotatable bonds is 14. The Balaban J connectivity index is 3.34. The Morgan fingerprint density at radius 2 is 1.14 bits per heavy atom. The second kappa shape index (κ2) is 10.9. The summed E-state index contributed by atoms with van der Waals surface area (Å²) in [6.45, 7) is 8.56. The van der Waals surface area contributed by atoms with Crippen LogP contribution in [0.4, 0.5) is 0 Å². The summed E-state index contributed by atoms with van der Waals surface area (Å²) in [5, 5.41) is 4.85. The minimum Gasteiger partial charge on any atom is -0.379 e. The first-order valence-electron chi connectivity index (χ1n) is 6.39. The zero-order chi connectivity index (χ0) is 16.2. The maximum Gasteiger partial charge on any atom is 0.173 e. The molecule has 7 nitrogen and oxygen atoms in total. The SMILES string of the molecule is C=CS(=O)(=O)CCOCCNCCOCCS(=O)(=O)C=C.